The molecular formula is C24H30BrN3O4. The maximum atomic E-state index is 12.7. The molecular weight excluding hydrogens is 474 g/mol. The summed E-state index contributed by atoms with van der Waals surface area (Å²) in [4.78, 5) is 27.0. The lowest BCUT2D eigenvalue weighted by molar-refractivity contribution is -0.142. The molecule has 1 fully saturated rings. The first-order valence-corrected chi connectivity index (χ1v) is 11.7. The van der Waals surface area contributed by atoms with Gasteiger partial charge in [-0.05, 0) is 36.2 Å². The fourth-order valence-corrected chi connectivity index (χ4v) is 4.01. The summed E-state index contributed by atoms with van der Waals surface area (Å²) in [7, 11) is 0. The molecule has 0 radical (unpaired) electrons. The molecule has 0 bridgehead atoms. The van der Waals surface area contributed by atoms with Crippen molar-refractivity contribution in [1.82, 2.24) is 10.2 Å². The second kappa shape index (κ2) is 12.7. The second-order valence-electron chi connectivity index (χ2n) is 7.51. The van der Waals surface area contributed by atoms with Gasteiger partial charge in [-0.15, -0.1) is 0 Å². The Morgan fingerprint density at radius 3 is 2.62 bits per heavy atom. The Morgan fingerprint density at radius 2 is 1.91 bits per heavy atom. The first kappa shape index (κ1) is 24.4. The SMILES string of the molecule is CCOC(=O)CN[C@H](c1ccccc1)c1cc(Br)ccc1NC(=O)CCN1CCOCC1. The lowest BCUT2D eigenvalue weighted by atomic mass is 9.97. The molecule has 1 aliphatic heterocycles. The average molecular weight is 504 g/mol. The number of hydrogen-bond donors (Lipinski definition) is 2. The number of carbonyl (C=O) groups excluding carboxylic acids is 2. The van der Waals surface area contributed by atoms with Gasteiger partial charge in [-0.2, -0.15) is 0 Å². The minimum atomic E-state index is -0.320. The third kappa shape index (κ3) is 7.41. The summed E-state index contributed by atoms with van der Waals surface area (Å²) in [6, 6.07) is 15.3. The number of morpholine rings is 1. The summed E-state index contributed by atoms with van der Waals surface area (Å²) in [6.45, 7) is 6.00. The second-order valence-corrected chi connectivity index (χ2v) is 8.43. The van der Waals surface area contributed by atoms with E-state index in [0.29, 0.717) is 38.5 Å². The van der Waals surface area contributed by atoms with E-state index in [0.717, 1.165) is 28.7 Å². The van der Waals surface area contributed by atoms with Crippen LogP contribution in [0.15, 0.2) is 53.0 Å². The van der Waals surface area contributed by atoms with Crippen LogP contribution < -0.4 is 10.6 Å². The minimum Gasteiger partial charge on any atom is -0.465 e. The van der Waals surface area contributed by atoms with Gasteiger partial charge in [0.05, 0.1) is 32.4 Å². The standard InChI is InChI=1S/C24H30BrN3O4/c1-2-32-23(30)17-26-24(18-6-4-3-5-7-18)20-16-19(25)8-9-21(20)27-22(29)10-11-28-12-14-31-15-13-28/h3-9,16,24,26H,2,10-15,17H2,1H3,(H,27,29)/t24-/m1/s1. The summed E-state index contributed by atoms with van der Waals surface area (Å²) < 4.78 is 11.3. The van der Waals surface area contributed by atoms with Crippen LogP contribution in [0, 0.1) is 0 Å². The molecule has 2 aromatic rings. The van der Waals surface area contributed by atoms with Crippen LogP contribution >= 0.6 is 15.9 Å². The molecule has 0 saturated carbocycles. The van der Waals surface area contributed by atoms with Crippen LogP contribution in [0.4, 0.5) is 5.69 Å². The van der Waals surface area contributed by atoms with E-state index < -0.39 is 0 Å². The van der Waals surface area contributed by atoms with E-state index in [1.807, 2.05) is 48.5 Å². The maximum Gasteiger partial charge on any atom is 0.319 e. The molecule has 3 rings (SSSR count). The number of nitrogens with zero attached hydrogens (tertiary/aromatic N) is 1. The number of esters is 1. The van der Waals surface area contributed by atoms with Crippen LogP contribution in [0.3, 0.4) is 0 Å². The summed E-state index contributed by atoms with van der Waals surface area (Å²) in [6.07, 6.45) is 0.405. The highest BCUT2D eigenvalue weighted by Gasteiger charge is 2.21. The van der Waals surface area contributed by atoms with Crippen LogP contribution in [-0.4, -0.2) is 62.8 Å². The zero-order valence-corrected chi connectivity index (χ0v) is 19.9. The van der Waals surface area contributed by atoms with Crippen molar-refractivity contribution >= 4 is 33.5 Å². The first-order chi connectivity index (χ1) is 15.6. The van der Waals surface area contributed by atoms with Gasteiger partial charge < -0.3 is 14.8 Å². The van der Waals surface area contributed by atoms with Gasteiger partial charge in [0.2, 0.25) is 5.91 Å². The third-order valence-electron chi connectivity index (χ3n) is 5.25. The van der Waals surface area contributed by atoms with Gasteiger partial charge in [0, 0.05) is 36.2 Å². The van der Waals surface area contributed by atoms with Crippen LogP contribution in [0.2, 0.25) is 0 Å². The van der Waals surface area contributed by atoms with Gasteiger partial charge in [-0.3, -0.25) is 19.8 Å². The van der Waals surface area contributed by atoms with Crippen molar-refractivity contribution in [3.63, 3.8) is 0 Å². The summed E-state index contributed by atoms with van der Waals surface area (Å²) in [5.41, 5.74) is 2.57. The topological polar surface area (TPSA) is 79.9 Å². The van der Waals surface area contributed by atoms with Gasteiger partial charge in [0.1, 0.15) is 0 Å². The number of carbonyl (C=O) groups is 2. The minimum absolute atomic E-state index is 0.0442. The normalized spacial score (nSPS) is 15.2. The van der Waals surface area contributed by atoms with Gasteiger partial charge in [-0.1, -0.05) is 46.3 Å². The molecule has 0 aromatic heterocycles. The zero-order chi connectivity index (χ0) is 22.8. The predicted octanol–water partition coefficient (Wildman–Crippen LogP) is 3.35. The van der Waals surface area contributed by atoms with E-state index >= 15 is 0 Å². The van der Waals surface area contributed by atoms with Crippen LogP contribution in [-0.2, 0) is 19.1 Å². The summed E-state index contributed by atoms with van der Waals surface area (Å²) >= 11 is 3.54. The number of rotatable bonds is 10. The van der Waals surface area contributed by atoms with Gasteiger partial charge >= 0.3 is 5.97 Å². The van der Waals surface area contributed by atoms with Crippen molar-refractivity contribution in [2.75, 3.05) is 51.3 Å². The highest BCUT2D eigenvalue weighted by atomic mass is 79.9. The smallest absolute Gasteiger partial charge is 0.319 e. The first-order valence-electron chi connectivity index (χ1n) is 10.9. The van der Waals surface area contributed by atoms with Crippen molar-refractivity contribution in [1.29, 1.82) is 0 Å². The van der Waals surface area contributed by atoms with Crippen molar-refractivity contribution in [2.24, 2.45) is 0 Å². The Balaban J connectivity index is 1.77. The molecule has 1 saturated heterocycles. The number of benzene rings is 2. The molecule has 172 valence electrons. The quantitative estimate of drug-likeness (QED) is 0.484. The van der Waals surface area contributed by atoms with E-state index in [1.165, 1.54) is 0 Å². The van der Waals surface area contributed by atoms with Crippen molar-refractivity contribution in [3.05, 3.63) is 64.1 Å². The molecule has 1 amide bonds. The molecule has 1 aliphatic rings. The highest BCUT2D eigenvalue weighted by molar-refractivity contribution is 9.10. The number of amides is 1. The molecule has 8 heteroatoms. The molecule has 2 aromatic carbocycles. The Kier molecular flexibility index (Phi) is 9.67. The van der Waals surface area contributed by atoms with E-state index in [9.17, 15) is 9.59 Å². The van der Waals surface area contributed by atoms with E-state index in [4.69, 9.17) is 9.47 Å². The van der Waals surface area contributed by atoms with Crippen molar-refractivity contribution < 1.29 is 19.1 Å². The molecule has 7 nitrogen and oxygen atoms in total. The largest absolute Gasteiger partial charge is 0.465 e. The molecule has 1 atom stereocenters. The van der Waals surface area contributed by atoms with E-state index in [2.05, 4.69) is 31.5 Å². The predicted molar refractivity (Wildman–Crippen MR) is 128 cm³/mol. The lowest BCUT2D eigenvalue weighted by Crippen LogP contribution is -2.38. The fourth-order valence-electron chi connectivity index (χ4n) is 3.63. The van der Waals surface area contributed by atoms with Gasteiger partial charge in [-0.25, -0.2) is 0 Å². The number of nitrogens with one attached hydrogen (secondary N) is 2. The van der Waals surface area contributed by atoms with Crippen LogP contribution in [0.25, 0.3) is 0 Å². The Labute approximate surface area is 197 Å². The molecule has 32 heavy (non-hydrogen) atoms. The Hall–Kier alpha value is -2.26. The van der Waals surface area contributed by atoms with E-state index in [1.54, 1.807) is 6.92 Å². The number of hydrogen-bond acceptors (Lipinski definition) is 6. The Bertz CT molecular complexity index is 888. The number of halogens is 1. The lowest BCUT2D eigenvalue weighted by Gasteiger charge is -2.26. The monoisotopic (exact) mass is 503 g/mol. The summed E-state index contributed by atoms with van der Waals surface area (Å²) in [5.74, 6) is -0.364. The molecule has 0 spiro atoms. The number of anilines is 1. The average Bonchev–Trinajstić information content (AvgIpc) is 2.81. The maximum absolute atomic E-state index is 12.7. The van der Waals surface area contributed by atoms with Gasteiger partial charge in [0.25, 0.3) is 0 Å². The molecule has 2 N–H and O–H groups in total. The molecule has 0 unspecified atom stereocenters. The molecule has 1 heterocycles. The van der Waals surface area contributed by atoms with Crippen molar-refractivity contribution in [3.8, 4) is 0 Å². The highest BCUT2D eigenvalue weighted by Crippen LogP contribution is 2.31. The zero-order valence-electron chi connectivity index (χ0n) is 18.3. The fraction of sp³-hybridized carbons (Fsp3) is 0.417. The number of ether oxygens (including phenoxy) is 2. The molecule has 0 aliphatic carbocycles. The van der Waals surface area contributed by atoms with Crippen LogP contribution in [0.5, 0.6) is 0 Å². The van der Waals surface area contributed by atoms with Crippen LogP contribution in [0.1, 0.15) is 30.5 Å². The Morgan fingerprint density at radius 1 is 1.16 bits per heavy atom. The third-order valence-corrected chi connectivity index (χ3v) is 5.74. The van der Waals surface area contributed by atoms with Crippen molar-refractivity contribution in [2.45, 2.75) is 19.4 Å². The summed E-state index contributed by atoms with van der Waals surface area (Å²) in [5, 5.41) is 6.36. The van der Waals surface area contributed by atoms with E-state index in [-0.39, 0.29) is 24.5 Å². The van der Waals surface area contributed by atoms with Gasteiger partial charge in [0.15, 0.2) is 0 Å².